The number of hydrogen-bond donors (Lipinski definition) is 1. The van der Waals surface area contributed by atoms with Gasteiger partial charge in [0.1, 0.15) is 5.65 Å². The van der Waals surface area contributed by atoms with Gasteiger partial charge in [0.25, 0.3) is 5.91 Å². The number of halogens is 1. The lowest BCUT2D eigenvalue weighted by molar-refractivity contribution is 0.0664. The van der Waals surface area contributed by atoms with Crippen molar-refractivity contribution in [3.8, 4) is 11.1 Å². The second kappa shape index (κ2) is 8.81. The number of benzene rings is 1. The van der Waals surface area contributed by atoms with Gasteiger partial charge in [0, 0.05) is 61.1 Å². The number of amides is 1. The Morgan fingerprint density at radius 3 is 2.44 bits per heavy atom. The average Bonchev–Trinajstić information content (AvgIpc) is 3.18. The lowest BCUT2D eigenvalue weighted by Crippen LogP contribution is -2.47. The molecule has 1 aliphatic heterocycles. The van der Waals surface area contributed by atoms with E-state index < -0.39 is 0 Å². The minimum Gasteiger partial charge on any atom is -0.393 e. The maximum Gasteiger partial charge on any atom is 0.253 e. The van der Waals surface area contributed by atoms with Gasteiger partial charge in [-0.2, -0.15) is 4.98 Å². The van der Waals surface area contributed by atoms with E-state index in [2.05, 4.69) is 32.7 Å². The van der Waals surface area contributed by atoms with Crippen molar-refractivity contribution in [3.05, 3.63) is 47.5 Å². The summed E-state index contributed by atoms with van der Waals surface area (Å²) >= 11 is 6.13. The lowest BCUT2D eigenvalue weighted by atomic mass is 9.93. The first-order valence-electron chi connectivity index (χ1n) is 11.3. The predicted octanol–water partition coefficient (Wildman–Crippen LogP) is 3.62. The molecule has 2 fully saturated rings. The van der Waals surface area contributed by atoms with E-state index in [0.29, 0.717) is 5.56 Å². The monoisotopic (exact) mass is 453 g/mol. The number of piperazine rings is 1. The van der Waals surface area contributed by atoms with Crippen LogP contribution in [0, 0.1) is 0 Å². The Labute approximate surface area is 192 Å². The molecule has 5 rings (SSSR count). The number of likely N-dealkylation sites (N-methyl/N-ethyl adjacent to an activating group) is 1. The third-order valence-corrected chi connectivity index (χ3v) is 7.02. The molecule has 1 N–H and O–H groups in total. The topological polar surface area (TPSA) is 74.5 Å². The van der Waals surface area contributed by atoms with Gasteiger partial charge in [-0.05, 0) is 62.0 Å². The first-order valence-corrected chi connectivity index (χ1v) is 11.7. The van der Waals surface area contributed by atoms with Crippen LogP contribution < -0.4 is 0 Å². The second-order valence-electron chi connectivity index (χ2n) is 8.96. The third kappa shape index (κ3) is 4.12. The van der Waals surface area contributed by atoms with Gasteiger partial charge < -0.3 is 19.5 Å². The van der Waals surface area contributed by atoms with E-state index in [-0.39, 0.29) is 23.3 Å². The summed E-state index contributed by atoms with van der Waals surface area (Å²) in [5.41, 5.74) is 3.58. The maximum atomic E-state index is 12.9. The van der Waals surface area contributed by atoms with Crippen molar-refractivity contribution < 1.29 is 9.90 Å². The van der Waals surface area contributed by atoms with Gasteiger partial charge in [-0.25, -0.2) is 4.98 Å². The van der Waals surface area contributed by atoms with Crippen molar-refractivity contribution in [2.75, 3.05) is 33.2 Å². The van der Waals surface area contributed by atoms with Crippen molar-refractivity contribution in [2.45, 2.75) is 37.8 Å². The average molecular weight is 454 g/mol. The Morgan fingerprint density at radius 1 is 1.06 bits per heavy atom. The molecule has 1 amide bonds. The van der Waals surface area contributed by atoms with E-state index >= 15 is 0 Å². The van der Waals surface area contributed by atoms with Crippen LogP contribution in [-0.4, -0.2) is 74.7 Å². The predicted molar refractivity (Wildman–Crippen MR) is 125 cm³/mol. The number of aromatic nitrogens is 3. The Kier molecular flexibility index (Phi) is 5.88. The van der Waals surface area contributed by atoms with Crippen LogP contribution in [0.3, 0.4) is 0 Å². The summed E-state index contributed by atoms with van der Waals surface area (Å²) in [7, 11) is 2.08. The molecule has 0 atom stereocenters. The zero-order chi connectivity index (χ0) is 22.2. The lowest BCUT2D eigenvalue weighted by Gasteiger charge is -2.32. The number of hydrogen-bond acceptors (Lipinski definition) is 5. The Bertz CT molecular complexity index is 1110. The normalized spacial score (nSPS) is 22.4. The van der Waals surface area contributed by atoms with E-state index in [4.69, 9.17) is 11.6 Å². The molecule has 0 unspecified atom stereocenters. The van der Waals surface area contributed by atoms with Crippen LogP contribution >= 0.6 is 11.6 Å². The van der Waals surface area contributed by atoms with Crippen LogP contribution in [0.4, 0.5) is 0 Å². The van der Waals surface area contributed by atoms with E-state index in [9.17, 15) is 9.90 Å². The highest BCUT2D eigenvalue weighted by Crippen LogP contribution is 2.36. The molecule has 1 aliphatic carbocycles. The van der Waals surface area contributed by atoms with Gasteiger partial charge in [-0.3, -0.25) is 4.79 Å². The van der Waals surface area contributed by atoms with E-state index in [1.807, 2.05) is 29.2 Å². The summed E-state index contributed by atoms with van der Waals surface area (Å²) in [6.45, 7) is 3.34. The Hall–Kier alpha value is -2.48. The van der Waals surface area contributed by atoms with E-state index in [1.165, 1.54) is 0 Å². The molecule has 0 radical (unpaired) electrons. The first-order chi connectivity index (χ1) is 15.5. The summed E-state index contributed by atoms with van der Waals surface area (Å²) in [6.07, 6.45) is 7.08. The van der Waals surface area contributed by atoms with Crippen molar-refractivity contribution >= 4 is 28.5 Å². The number of carbonyl (C=O) groups is 1. The van der Waals surface area contributed by atoms with Crippen molar-refractivity contribution in [1.29, 1.82) is 0 Å². The molecule has 0 bridgehead atoms. The fourth-order valence-electron chi connectivity index (χ4n) is 4.84. The number of aliphatic hydroxyl groups is 1. The van der Waals surface area contributed by atoms with Gasteiger partial charge in [0.15, 0.2) is 0 Å². The standard InChI is InChI=1S/C24H28ClN5O2/c1-28-10-12-29(13-11-28)23(32)17-4-2-16(3-5-17)21-15-30(18-6-8-19(31)9-7-18)22-20(21)14-26-24(25)27-22/h2-5,14-15,18-19,31H,6-13H2,1H3/t18-,19-. The third-order valence-electron chi connectivity index (χ3n) is 6.84. The van der Waals surface area contributed by atoms with Crippen LogP contribution in [0.15, 0.2) is 36.7 Å². The largest absolute Gasteiger partial charge is 0.393 e. The number of rotatable bonds is 3. The molecule has 1 saturated heterocycles. The molecular weight excluding hydrogens is 426 g/mol. The summed E-state index contributed by atoms with van der Waals surface area (Å²) in [6, 6.07) is 8.10. The van der Waals surface area contributed by atoms with Crippen LogP contribution in [-0.2, 0) is 0 Å². The van der Waals surface area contributed by atoms with Gasteiger partial charge in [-0.1, -0.05) is 12.1 Å². The molecule has 1 aromatic carbocycles. The van der Waals surface area contributed by atoms with Gasteiger partial charge in [0.2, 0.25) is 5.28 Å². The van der Waals surface area contributed by atoms with Gasteiger partial charge in [0.05, 0.1) is 6.10 Å². The molecule has 7 nitrogen and oxygen atoms in total. The number of carbonyl (C=O) groups excluding carboxylic acids is 1. The Morgan fingerprint density at radius 2 is 1.75 bits per heavy atom. The number of fused-ring (bicyclic) bond motifs is 1. The fourth-order valence-corrected chi connectivity index (χ4v) is 4.97. The number of nitrogens with zero attached hydrogens (tertiary/aromatic N) is 5. The molecule has 1 saturated carbocycles. The molecular formula is C24H28ClN5O2. The highest BCUT2D eigenvalue weighted by atomic mass is 35.5. The zero-order valence-corrected chi connectivity index (χ0v) is 19.0. The fraction of sp³-hybridized carbons (Fsp3) is 0.458. The summed E-state index contributed by atoms with van der Waals surface area (Å²) < 4.78 is 2.19. The Balaban J connectivity index is 1.45. The van der Waals surface area contributed by atoms with Gasteiger partial charge >= 0.3 is 0 Å². The van der Waals surface area contributed by atoms with Crippen LogP contribution in [0.25, 0.3) is 22.2 Å². The zero-order valence-electron chi connectivity index (χ0n) is 18.2. The SMILES string of the molecule is CN1CCN(C(=O)c2ccc(-c3cn([C@H]4CC[C@H](O)CC4)c4nc(Cl)ncc34)cc2)CC1. The highest BCUT2D eigenvalue weighted by molar-refractivity contribution is 6.28. The molecule has 168 valence electrons. The number of aliphatic hydroxyl groups excluding tert-OH is 1. The molecule has 2 aliphatic rings. The highest BCUT2D eigenvalue weighted by Gasteiger charge is 2.25. The minimum atomic E-state index is -0.212. The summed E-state index contributed by atoms with van der Waals surface area (Å²) in [5, 5.41) is 11.1. The first kappa shape index (κ1) is 21.4. The van der Waals surface area contributed by atoms with Crippen molar-refractivity contribution in [3.63, 3.8) is 0 Å². The summed E-state index contributed by atoms with van der Waals surface area (Å²) in [4.78, 5) is 25.8. The molecule has 8 heteroatoms. The van der Waals surface area contributed by atoms with Crippen molar-refractivity contribution in [2.24, 2.45) is 0 Å². The van der Waals surface area contributed by atoms with Crippen LogP contribution in [0.2, 0.25) is 5.28 Å². The molecule has 0 spiro atoms. The molecule has 3 aromatic rings. The molecule has 3 heterocycles. The van der Waals surface area contributed by atoms with Crippen LogP contribution in [0.1, 0.15) is 42.1 Å². The van der Waals surface area contributed by atoms with E-state index in [1.54, 1.807) is 6.20 Å². The van der Waals surface area contributed by atoms with Crippen molar-refractivity contribution in [1.82, 2.24) is 24.3 Å². The second-order valence-corrected chi connectivity index (χ2v) is 9.30. The molecule has 2 aromatic heterocycles. The quantitative estimate of drug-likeness (QED) is 0.613. The maximum absolute atomic E-state index is 12.9. The van der Waals surface area contributed by atoms with Gasteiger partial charge in [-0.15, -0.1) is 0 Å². The molecule has 32 heavy (non-hydrogen) atoms. The van der Waals surface area contributed by atoms with Crippen LogP contribution in [0.5, 0.6) is 0 Å². The van der Waals surface area contributed by atoms with E-state index in [0.717, 1.165) is 74.0 Å². The minimum absolute atomic E-state index is 0.0861. The summed E-state index contributed by atoms with van der Waals surface area (Å²) in [5.74, 6) is 0.0861. The smallest absolute Gasteiger partial charge is 0.253 e.